The highest BCUT2D eigenvalue weighted by Gasteiger charge is 2.44. The number of nitrogens with one attached hydrogen (secondary N) is 2. The largest absolute Gasteiger partial charge is 0.496 e. The summed E-state index contributed by atoms with van der Waals surface area (Å²) in [6.07, 6.45) is 1.20. The summed E-state index contributed by atoms with van der Waals surface area (Å²) in [6.45, 7) is 2.64. The van der Waals surface area contributed by atoms with Crippen molar-refractivity contribution in [3.05, 3.63) is 36.4 Å². The minimum atomic E-state index is -1.06. The van der Waals surface area contributed by atoms with Gasteiger partial charge in [-0.1, -0.05) is 0 Å². The average Bonchev–Trinajstić information content (AvgIpc) is 2.83. The zero-order valence-corrected chi connectivity index (χ0v) is 15.4. The normalized spacial score (nSPS) is 15.4. The van der Waals surface area contributed by atoms with Crippen LogP contribution in [0.3, 0.4) is 0 Å². The van der Waals surface area contributed by atoms with E-state index < -0.39 is 35.7 Å². The van der Waals surface area contributed by atoms with E-state index in [9.17, 15) is 18.8 Å². The van der Waals surface area contributed by atoms with Crippen LogP contribution in [0.4, 0.5) is 15.0 Å². The van der Waals surface area contributed by atoms with Gasteiger partial charge in [-0.05, 0) is 32.0 Å². The molecule has 0 unspecified atom stereocenters. The fourth-order valence-electron chi connectivity index (χ4n) is 2.74. The molecule has 1 aromatic carbocycles. The van der Waals surface area contributed by atoms with E-state index in [1.165, 1.54) is 37.7 Å². The van der Waals surface area contributed by atoms with Crippen LogP contribution in [0.5, 0.6) is 5.75 Å². The summed E-state index contributed by atoms with van der Waals surface area (Å²) in [5.74, 6) is -1.05. The topological polar surface area (TPSA) is 114 Å². The van der Waals surface area contributed by atoms with Crippen LogP contribution in [0.25, 0.3) is 11.3 Å². The van der Waals surface area contributed by atoms with E-state index in [0.717, 1.165) is 4.90 Å². The number of carbonyl (C=O) groups excluding carboxylic acids is 3. The number of ether oxygens (including phenoxy) is 1. The van der Waals surface area contributed by atoms with Crippen molar-refractivity contribution in [2.24, 2.45) is 0 Å². The first-order chi connectivity index (χ1) is 13.2. The molecule has 0 bridgehead atoms. The second kappa shape index (κ2) is 7.22. The Hall–Kier alpha value is -3.56. The van der Waals surface area contributed by atoms with Gasteiger partial charge in [-0.2, -0.15) is 0 Å². The van der Waals surface area contributed by atoms with Crippen molar-refractivity contribution in [2.45, 2.75) is 19.4 Å². The number of imide groups is 1. The fourth-order valence-corrected chi connectivity index (χ4v) is 2.74. The van der Waals surface area contributed by atoms with E-state index in [1.807, 2.05) is 0 Å². The van der Waals surface area contributed by atoms with Crippen LogP contribution in [0.15, 0.2) is 30.6 Å². The van der Waals surface area contributed by atoms with Crippen LogP contribution < -0.4 is 15.4 Å². The van der Waals surface area contributed by atoms with Crippen molar-refractivity contribution in [1.82, 2.24) is 20.2 Å². The van der Waals surface area contributed by atoms with Gasteiger partial charge in [0.05, 0.1) is 12.8 Å². The van der Waals surface area contributed by atoms with Gasteiger partial charge in [0.25, 0.3) is 5.91 Å². The quantitative estimate of drug-likeness (QED) is 0.753. The predicted molar refractivity (Wildman–Crippen MR) is 96.9 cm³/mol. The zero-order chi connectivity index (χ0) is 20.5. The van der Waals surface area contributed by atoms with Crippen LogP contribution in [0.2, 0.25) is 0 Å². The molecule has 0 spiro atoms. The van der Waals surface area contributed by atoms with Gasteiger partial charge in [-0.25, -0.2) is 19.2 Å². The molecule has 0 saturated carbocycles. The number of hydrogen-bond donors (Lipinski definition) is 2. The lowest BCUT2D eigenvalue weighted by Crippen LogP contribution is -2.41. The van der Waals surface area contributed by atoms with Crippen molar-refractivity contribution in [1.29, 1.82) is 0 Å². The molecule has 0 aliphatic carbocycles. The van der Waals surface area contributed by atoms with E-state index in [-0.39, 0.29) is 5.82 Å². The standard InChI is InChI=1S/C18H18FN5O4/c1-18(2)16(26)24(17(27)23-18)8-15(25)22-14-7-12(20-9-21-14)11-6-10(19)4-5-13(11)28-3/h4-7,9H,8H2,1-3H3,(H,23,27)(H,20,21,22,25). The molecule has 2 aromatic rings. The van der Waals surface area contributed by atoms with Crippen molar-refractivity contribution in [3.8, 4) is 17.0 Å². The van der Waals surface area contributed by atoms with Crippen LogP contribution in [0, 0.1) is 5.82 Å². The molecule has 1 aliphatic heterocycles. The van der Waals surface area contributed by atoms with Gasteiger partial charge >= 0.3 is 6.03 Å². The molecule has 3 rings (SSSR count). The predicted octanol–water partition coefficient (Wildman–Crippen LogP) is 1.56. The lowest BCUT2D eigenvalue weighted by molar-refractivity contribution is -0.132. The number of urea groups is 1. The number of rotatable bonds is 5. The Morgan fingerprint density at radius 1 is 1.29 bits per heavy atom. The lowest BCUT2D eigenvalue weighted by Gasteiger charge is -2.15. The molecular weight excluding hydrogens is 369 g/mol. The third-order valence-corrected chi connectivity index (χ3v) is 4.12. The molecule has 28 heavy (non-hydrogen) atoms. The summed E-state index contributed by atoms with van der Waals surface area (Å²) in [5.41, 5.74) is -0.345. The molecule has 1 saturated heterocycles. The van der Waals surface area contributed by atoms with Gasteiger partial charge in [-0.15, -0.1) is 0 Å². The number of anilines is 1. The maximum atomic E-state index is 13.6. The monoisotopic (exact) mass is 387 g/mol. The molecule has 2 N–H and O–H groups in total. The van der Waals surface area contributed by atoms with Crippen molar-refractivity contribution in [3.63, 3.8) is 0 Å². The molecule has 0 radical (unpaired) electrons. The second-order valence-electron chi connectivity index (χ2n) is 6.63. The molecule has 4 amide bonds. The molecular formula is C18H18FN5O4. The molecule has 146 valence electrons. The molecule has 9 nitrogen and oxygen atoms in total. The Kier molecular flexibility index (Phi) is 4.95. The lowest BCUT2D eigenvalue weighted by atomic mass is 10.1. The molecule has 10 heteroatoms. The first-order valence-electron chi connectivity index (χ1n) is 8.31. The molecule has 1 aliphatic rings. The zero-order valence-electron chi connectivity index (χ0n) is 15.4. The highest BCUT2D eigenvalue weighted by Crippen LogP contribution is 2.30. The Balaban J connectivity index is 1.77. The maximum Gasteiger partial charge on any atom is 0.325 e. The van der Waals surface area contributed by atoms with Gasteiger partial charge in [-0.3, -0.25) is 14.5 Å². The highest BCUT2D eigenvalue weighted by molar-refractivity contribution is 6.09. The Morgan fingerprint density at radius 3 is 2.68 bits per heavy atom. The first kappa shape index (κ1) is 19.2. The molecule has 2 heterocycles. The van der Waals surface area contributed by atoms with Crippen LogP contribution in [0.1, 0.15) is 13.8 Å². The van der Waals surface area contributed by atoms with Gasteiger partial charge in [0, 0.05) is 11.6 Å². The summed E-state index contributed by atoms with van der Waals surface area (Å²) in [6, 6.07) is 4.77. The van der Waals surface area contributed by atoms with Crippen LogP contribution in [-0.4, -0.2) is 51.9 Å². The fraction of sp³-hybridized carbons (Fsp3) is 0.278. The molecule has 1 fully saturated rings. The van der Waals surface area contributed by atoms with E-state index >= 15 is 0 Å². The van der Waals surface area contributed by atoms with Gasteiger partial charge in [0.1, 0.15) is 35.8 Å². The van der Waals surface area contributed by atoms with E-state index in [1.54, 1.807) is 13.8 Å². The van der Waals surface area contributed by atoms with Crippen molar-refractivity contribution >= 4 is 23.7 Å². The Morgan fingerprint density at radius 2 is 2.04 bits per heavy atom. The first-order valence-corrected chi connectivity index (χ1v) is 8.31. The van der Waals surface area contributed by atoms with Crippen molar-refractivity contribution < 1.29 is 23.5 Å². The highest BCUT2D eigenvalue weighted by atomic mass is 19.1. The minimum Gasteiger partial charge on any atom is -0.496 e. The van der Waals surface area contributed by atoms with Gasteiger partial charge in [0.15, 0.2) is 0 Å². The number of halogens is 1. The SMILES string of the molecule is COc1ccc(F)cc1-c1cc(NC(=O)CN2C(=O)NC(C)(C)C2=O)ncn1. The summed E-state index contributed by atoms with van der Waals surface area (Å²) in [7, 11) is 1.44. The van der Waals surface area contributed by atoms with E-state index in [2.05, 4.69) is 20.6 Å². The average molecular weight is 387 g/mol. The number of benzene rings is 1. The Labute approximate surface area is 159 Å². The van der Waals surface area contributed by atoms with Gasteiger partial charge < -0.3 is 15.4 Å². The van der Waals surface area contributed by atoms with E-state index in [4.69, 9.17) is 4.74 Å². The Bertz CT molecular complexity index is 963. The molecule has 1 aromatic heterocycles. The maximum absolute atomic E-state index is 13.6. The number of hydrogen-bond acceptors (Lipinski definition) is 6. The second-order valence-corrected chi connectivity index (χ2v) is 6.63. The summed E-state index contributed by atoms with van der Waals surface area (Å²) in [4.78, 5) is 45.1. The number of aromatic nitrogens is 2. The summed E-state index contributed by atoms with van der Waals surface area (Å²) >= 11 is 0. The molecule has 0 atom stereocenters. The minimum absolute atomic E-state index is 0.132. The van der Waals surface area contributed by atoms with Crippen LogP contribution >= 0.6 is 0 Å². The summed E-state index contributed by atoms with van der Waals surface area (Å²) in [5, 5.41) is 4.99. The number of amides is 4. The third-order valence-electron chi connectivity index (χ3n) is 4.12. The van der Waals surface area contributed by atoms with E-state index in [0.29, 0.717) is 17.0 Å². The number of carbonyl (C=O) groups is 3. The van der Waals surface area contributed by atoms with Crippen molar-refractivity contribution in [2.75, 3.05) is 19.0 Å². The summed E-state index contributed by atoms with van der Waals surface area (Å²) < 4.78 is 18.8. The third kappa shape index (κ3) is 3.75. The smallest absolute Gasteiger partial charge is 0.325 e. The number of methoxy groups -OCH3 is 1. The van der Waals surface area contributed by atoms with Gasteiger partial charge in [0.2, 0.25) is 5.91 Å². The number of nitrogens with zero attached hydrogens (tertiary/aromatic N) is 3. The van der Waals surface area contributed by atoms with Crippen LogP contribution in [-0.2, 0) is 9.59 Å².